The molecule has 0 radical (unpaired) electrons. The van der Waals surface area contributed by atoms with Gasteiger partial charge in [-0.3, -0.25) is 0 Å². The molecule has 0 aliphatic rings. The summed E-state index contributed by atoms with van der Waals surface area (Å²) in [5.74, 6) is -1.39. The number of aryl methyl sites for hydroxylation is 2. The second kappa shape index (κ2) is 4.94. The van der Waals surface area contributed by atoms with Crippen LogP contribution in [0.1, 0.15) is 21.5 Å². The predicted molar refractivity (Wildman–Crippen MR) is 75.0 cm³/mol. The highest BCUT2D eigenvalue weighted by atomic mass is 35.5. The van der Waals surface area contributed by atoms with E-state index in [4.69, 9.17) is 16.7 Å². The van der Waals surface area contributed by atoms with E-state index >= 15 is 0 Å². The lowest BCUT2D eigenvalue weighted by molar-refractivity contribution is 0.0694. The Morgan fingerprint density at radius 2 is 1.79 bits per heavy atom. The molecule has 0 amide bonds. The maximum Gasteiger partial charge on any atom is 0.339 e. The third-order valence-corrected chi connectivity index (χ3v) is 3.45. The first kappa shape index (κ1) is 13.4. The minimum Gasteiger partial charge on any atom is -0.507 e. The van der Waals surface area contributed by atoms with Crippen molar-refractivity contribution in [3.63, 3.8) is 0 Å². The lowest BCUT2D eigenvalue weighted by Crippen LogP contribution is -1.97. The number of aromatic hydroxyl groups is 1. The van der Waals surface area contributed by atoms with Crippen molar-refractivity contribution in [1.29, 1.82) is 0 Å². The van der Waals surface area contributed by atoms with E-state index in [1.165, 1.54) is 12.1 Å². The molecule has 0 aliphatic heterocycles. The van der Waals surface area contributed by atoms with Crippen molar-refractivity contribution in [3.05, 3.63) is 52.0 Å². The van der Waals surface area contributed by atoms with Gasteiger partial charge < -0.3 is 10.2 Å². The molecular weight excluding hydrogens is 264 g/mol. The molecule has 0 atom stereocenters. The highest BCUT2D eigenvalue weighted by molar-refractivity contribution is 6.31. The molecule has 2 aromatic carbocycles. The fraction of sp³-hybridized carbons (Fsp3) is 0.133. The van der Waals surface area contributed by atoms with Crippen LogP contribution in [0.2, 0.25) is 5.02 Å². The average Bonchev–Trinajstić information content (AvgIpc) is 2.34. The number of benzene rings is 2. The molecule has 4 heteroatoms. The quantitative estimate of drug-likeness (QED) is 0.871. The van der Waals surface area contributed by atoms with E-state index in [9.17, 15) is 9.90 Å². The second-order valence-corrected chi connectivity index (χ2v) is 4.86. The zero-order chi connectivity index (χ0) is 14.2. The highest BCUT2D eigenvalue weighted by Gasteiger charge is 2.12. The van der Waals surface area contributed by atoms with Crippen LogP contribution in [0.4, 0.5) is 0 Å². The Kier molecular flexibility index (Phi) is 3.49. The molecule has 0 bridgehead atoms. The first-order chi connectivity index (χ1) is 8.90. The van der Waals surface area contributed by atoms with Gasteiger partial charge >= 0.3 is 5.97 Å². The molecule has 2 aromatic rings. The van der Waals surface area contributed by atoms with Gasteiger partial charge in [-0.1, -0.05) is 17.7 Å². The van der Waals surface area contributed by atoms with Gasteiger partial charge in [0.1, 0.15) is 11.3 Å². The molecule has 3 nitrogen and oxygen atoms in total. The van der Waals surface area contributed by atoms with Crippen molar-refractivity contribution in [2.24, 2.45) is 0 Å². The maximum atomic E-state index is 11.0. The van der Waals surface area contributed by atoms with Gasteiger partial charge in [0.05, 0.1) is 0 Å². The Labute approximate surface area is 116 Å². The van der Waals surface area contributed by atoms with Gasteiger partial charge in [0.2, 0.25) is 0 Å². The number of hydrogen-bond donors (Lipinski definition) is 2. The Balaban J connectivity index is 2.63. The summed E-state index contributed by atoms with van der Waals surface area (Å²) in [6, 6.07) is 8.31. The maximum absolute atomic E-state index is 11.0. The summed E-state index contributed by atoms with van der Waals surface area (Å²) in [7, 11) is 0. The van der Waals surface area contributed by atoms with Gasteiger partial charge in [-0.2, -0.15) is 0 Å². The Hall–Kier alpha value is -2.00. The topological polar surface area (TPSA) is 57.5 Å². The van der Waals surface area contributed by atoms with Crippen molar-refractivity contribution in [3.8, 4) is 16.9 Å². The summed E-state index contributed by atoms with van der Waals surface area (Å²) in [5, 5.41) is 19.2. The van der Waals surface area contributed by atoms with Crippen molar-refractivity contribution in [2.45, 2.75) is 13.8 Å². The molecule has 0 heterocycles. The number of carboxylic acids is 1. The standard InChI is InChI=1S/C15H13ClO3/c1-8-6-13(16)9(2)5-11(8)10-3-4-14(17)12(7-10)15(18)19/h3-7,17H,1-2H3,(H,18,19). The van der Waals surface area contributed by atoms with Crippen LogP contribution in [0.3, 0.4) is 0 Å². The number of carbonyl (C=O) groups is 1. The second-order valence-electron chi connectivity index (χ2n) is 4.45. The van der Waals surface area contributed by atoms with Crippen LogP contribution in [-0.2, 0) is 0 Å². The first-order valence-corrected chi connectivity index (χ1v) is 6.11. The van der Waals surface area contributed by atoms with Crippen molar-refractivity contribution >= 4 is 17.6 Å². The highest BCUT2D eigenvalue weighted by Crippen LogP contribution is 2.31. The zero-order valence-corrected chi connectivity index (χ0v) is 11.3. The molecule has 0 aliphatic carbocycles. The Morgan fingerprint density at radius 3 is 2.42 bits per heavy atom. The fourth-order valence-corrected chi connectivity index (χ4v) is 2.19. The molecule has 0 aromatic heterocycles. The van der Waals surface area contributed by atoms with E-state index < -0.39 is 5.97 Å². The first-order valence-electron chi connectivity index (χ1n) is 5.73. The smallest absolute Gasteiger partial charge is 0.339 e. The minimum atomic E-state index is -1.15. The normalized spacial score (nSPS) is 10.5. The number of hydrogen-bond acceptors (Lipinski definition) is 2. The molecule has 0 fully saturated rings. The monoisotopic (exact) mass is 276 g/mol. The van der Waals surface area contributed by atoms with Crippen LogP contribution < -0.4 is 0 Å². The minimum absolute atomic E-state index is 0.107. The van der Waals surface area contributed by atoms with E-state index in [2.05, 4.69) is 0 Å². The van der Waals surface area contributed by atoms with Gasteiger partial charge in [0, 0.05) is 5.02 Å². The summed E-state index contributed by atoms with van der Waals surface area (Å²) in [5.41, 5.74) is 3.42. The van der Waals surface area contributed by atoms with Crippen molar-refractivity contribution in [2.75, 3.05) is 0 Å². The number of carboxylic acid groups (broad SMARTS) is 1. The molecule has 0 unspecified atom stereocenters. The number of rotatable bonds is 2. The van der Waals surface area contributed by atoms with Crippen molar-refractivity contribution < 1.29 is 15.0 Å². The summed E-state index contributed by atoms with van der Waals surface area (Å²) in [6.07, 6.45) is 0. The molecule has 98 valence electrons. The molecule has 0 saturated carbocycles. The molecule has 0 spiro atoms. The summed E-state index contributed by atoms with van der Waals surface area (Å²) in [4.78, 5) is 11.0. The van der Waals surface area contributed by atoms with Crippen LogP contribution >= 0.6 is 11.6 Å². The number of phenols is 1. The van der Waals surface area contributed by atoms with Gasteiger partial charge in [0.25, 0.3) is 0 Å². The van der Waals surface area contributed by atoms with Crippen molar-refractivity contribution in [1.82, 2.24) is 0 Å². The largest absolute Gasteiger partial charge is 0.507 e. The van der Waals surface area contributed by atoms with E-state index in [0.717, 1.165) is 22.3 Å². The Bertz CT molecular complexity index is 663. The Morgan fingerprint density at radius 1 is 1.11 bits per heavy atom. The summed E-state index contributed by atoms with van der Waals surface area (Å²) < 4.78 is 0. The third-order valence-electron chi connectivity index (χ3n) is 3.04. The average molecular weight is 277 g/mol. The van der Waals surface area contributed by atoms with E-state index in [1.807, 2.05) is 26.0 Å². The molecule has 19 heavy (non-hydrogen) atoms. The molecular formula is C15H13ClO3. The molecule has 0 saturated heterocycles. The van der Waals surface area contributed by atoms with E-state index in [1.54, 1.807) is 6.07 Å². The summed E-state index contributed by atoms with van der Waals surface area (Å²) >= 11 is 6.05. The van der Waals surface area contributed by atoms with E-state index in [-0.39, 0.29) is 11.3 Å². The lowest BCUT2D eigenvalue weighted by atomic mass is 9.96. The fourth-order valence-electron chi connectivity index (χ4n) is 1.97. The number of halogens is 1. The molecule has 2 rings (SSSR count). The van der Waals surface area contributed by atoms with Crippen LogP contribution in [0.5, 0.6) is 5.75 Å². The van der Waals surface area contributed by atoms with Crippen LogP contribution in [0.25, 0.3) is 11.1 Å². The van der Waals surface area contributed by atoms with Gasteiger partial charge in [-0.25, -0.2) is 4.79 Å². The van der Waals surface area contributed by atoms with E-state index in [0.29, 0.717) is 5.02 Å². The van der Waals surface area contributed by atoms with Gasteiger partial charge in [0.15, 0.2) is 0 Å². The van der Waals surface area contributed by atoms with Gasteiger partial charge in [-0.05, 0) is 60.4 Å². The van der Waals surface area contributed by atoms with Crippen LogP contribution in [0, 0.1) is 13.8 Å². The summed E-state index contributed by atoms with van der Waals surface area (Å²) in [6.45, 7) is 3.80. The third kappa shape index (κ3) is 2.56. The zero-order valence-electron chi connectivity index (χ0n) is 10.6. The number of aromatic carboxylic acids is 1. The van der Waals surface area contributed by atoms with Gasteiger partial charge in [-0.15, -0.1) is 0 Å². The van der Waals surface area contributed by atoms with Crippen LogP contribution in [-0.4, -0.2) is 16.2 Å². The lowest BCUT2D eigenvalue weighted by Gasteiger charge is -2.10. The predicted octanol–water partition coefficient (Wildman–Crippen LogP) is 4.03. The SMILES string of the molecule is Cc1cc(-c2ccc(O)c(C(=O)O)c2)c(C)cc1Cl. The van der Waals surface area contributed by atoms with Crippen LogP contribution in [0.15, 0.2) is 30.3 Å². The molecule has 2 N–H and O–H groups in total.